The Balaban J connectivity index is 2.63. The Hall–Kier alpha value is -0.940. The van der Waals surface area contributed by atoms with Gasteiger partial charge in [0.1, 0.15) is 0 Å². The van der Waals surface area contributed by atoms with E-state index in [9.17, 15) is 18.0 Å². The molecule has 0 saturated carbocycles. The highest BCUT2D eigenvalue weighted by Gasteiger charge is 2.43. The van der Waals surface area contributed by atoms with Crippen LogP contribution in [0, 0.1) is 5.92 Å². The monoisotopic (exact) mass is 252 g/mol. The molecule has 1 aliphatic rings. The SMILES string of the molecule is CCN(CC)C(=O)N1CCCC(C(F)(F)F)C1. The van der Waals surface area contributed by atoms with Crippen molar-refractivity contribution in [3.8, 4) is 0 Å². The fourth-order valence-corrected chi connectivity index (χ4v) is 2.11. The van der Waals surface area contributed by atoms with Gasteiger partial charge >= 0.3 is 12.2 Å². The zero-order valence-corrected chi connectivity index (χ0v) is 10.3. The first-order valence-corrected chi connectivity index (χ1v) is 6.00. The average molecular weight is 252 g/mol. The fraction of sp³-hybridized carbons (Fsp3) is 0.909. The predicted octanol–water partition coefficient (Wildman–Crippen LogP) is 2.72. The number of halogens is 3. The van der Waals surface area contributed by atoms with E-state index in [0.29, 0.717) is 26.1 Å². The van der Waals surface area contributed by atoms with Crippen LogP contribution >= 0.6 is 0 Å². The van der Waals surface area contributed by atoms with Crippen molar-refractivity contribution in [3.05, 3.63) is 0 Å². The summed E-state index contributed by atoms with van der Waals surface area (Å²) in [6.45, 7) is 4.95. The molecule has 0 spiro atoms. The molecule has 0 N–H and O–H groups in total. The third-order valence-corrected chi connectivity index (χ3v) is 3.19. The lowest BCUT2D eigenvalue weighted by molar-refractivity contribution is -0.184. The van der Waals surface area contributed by atoms with Crippen molar-refractivity contribution in [2.24, 2.45) is 5.92 Å². The Bertz CT molecular complexity index is 264. The van der Waals surface area contributed by atoms with Gasteiger partial charge in [0, 0.05) is 26.2 Å². The third kappa shape index (κ3) is 3.51. The van der Waals surface area contributed by atoms with E-state index in [4.69, 9.17) is 0 Å². The highest BCUT2D eigenvalue weighted by Crippen LogP contribution is 2.33. The first-order valence-electron chi connectivity index (χ1n) is 6.00. The maximum absolute atomic E-state index is 12.6. The summed E-state index contributed by atoms with van der Waals surface area (Å²) < 4.78 is 37.8. The molecular weight excluding hydrogens is 233 g/mol. The molecule has 0 radical (unpaired) electrons. The number of nitrogens with zero attached hydrogens (tertiary/aromatic N) is 2. The molecule has 0 aromatic heterocycles. The van der Waals surface area contributed by atoms with Crippen LogP contribution in [0.25, 0.3) is 0 Å². The number of carbonyl (C=O) groups is 1. The molecule has 0 aromatic rings. The van der Waals surface area contributed by atoms with E-state index in [-0.39, 0.29) is 19.0 Å². The van der Waals surface area contributed by atoms with Gasteiger partial charge in [0.15, 0.2) is 0 Å². The van der Waals surface area contributed by atoms with Crippen LogP contribution in [-0.2, 0) is 0 Å². The van der Waals surface area contributed by atoms with Crippen molar-refractivity contribution < 1.29 is 18.0 Å². The van der Waals surface area contributed by atoms with E-state index in [1.807, 2.05) is 13.8 Å². The van der Waals surface area contributed by atoms with Gasteiger partial charge in [0.2, 0.25) is 0 Å². The molecule has 3 nitrogen and oxygen atoms in total. The molecule has 0 bridgehead atoms. The molecule has 1 rings (SSSR count). The van der Waals surface area contributed by atoms with Crippen LogP contribution < -0.4 is 0 Å². The molecule has 100 valence electrons. The zero-order valence-electron chi connectivity index (χ0n) is 10.3. The number of amides is 2. The minimum atomic E-state index is -4.19. The molecule has 1 unspecified atom stereocenters. The summed E-state index contributed by atoms with van der Waals surface area (Å²) >= 11 is 0. The molecule has 1 heterocycles. The number of rotatable bonds is 2. The summed E-state index contributed by atoms with van der Waals surface area (Å²) in [5.41, 5.74) is 0. The van der Waals surface area contributed by atoms with Crippen LogP contribution in [0.15, 0.2) is 0 Å². The van der Waals surface area contributed by atoms with Gasteiger partial charge in [-0.2, -0.15) is 13.2 Å². The molecule has 1 fully saturated rings. The summed E-state index contributed by atoms with van der Waals surface area (Å²) in [4.78, 5) is 14.8. The van der Waals surface area contributed by atoms with Crippen molar-refractivity contribution in [3.63, 3.8) is 0 Å². The van der Waals surface area contributed by atoms with Gasteiger partial charge in [-0.3, -0.25) is 0 Å². The molecule has 17 heavy (non-hydrogen) atoms. The van der Waals surface area contributed by atoms with Gasteiger partial charge in [-0.25, -0.2) is 4.79 Å². The second kappa shape index (κ2) is 5.60. The Labute approximate surface area is 99.6 Å². The largest absolute Gasteiger partial charge is 0.393 e. The van der Waals surface area contributed by atoms with E-state index in [1.165, 1.54) is 4.90 Å². The van der Waals surface area contributed by atoms with Crippen molar-refractivity contribution in [2.45, 2.75) is 32.9 Å². The van der Waals surface area contributed by atoms with E-state index >= 15 is 0 Å². The van der Waals surface area contributed by atoms with Gasteiger partial charge in [-0.1, -0.05) is 0 Å². The van der Waals surface area contributed by atoms with Gasteiger partial charge in [-0.15, -0.1) is 0 Å². The number of hydrogen-bond donors (Lipinski definition) is 0. The summed E-state index contributed by atoms with van der Waals surface area (Å²) in [6.07, 6.45) is -3.63. The topological polar surface area (TPSA) is 23.6 Å². The minimum Gasteiger partial charge on any atom is -0.325 e. The van der Waals surface area contributed by atoms with Gasteiger partial charge in [0.05, 0.1) is 5.92 Å². The molecular formula is C11H19F3N2O. The fourth-order valence-electron chi connectivity index (χ4n) is 2.11. The second-order valence-electron chi connectivity index (χ2n) is 4.28. The number of piperidine rings is 1. The molecule has 0 aliphatic carbocycles. The first kappa shape index (κ1) is 14.1. The molecule has 2 amide bonds. The molecule has 1 saturated heterocycles. The highest BCUT2D eigenvalue weighted by molar-refractivity contribution is 5.74. The number of alkyl halides is 3. The first-order chi connectivity index (χ1) is 7.90. The average Bonchev–Trinajstić information content (AvgIpc) is 2.29. The number of carbonyl (C=O) groups excluding carboxylic acids is 1. The normalized spacial score (nSPS) is 21.5. The third-order valence-electron chi connectivity index (χ3n) is 3.19. The summed E-state index contributed by atoms with van der Waals surface area (Å²) in [6, 6.07) is -0.274. The maximum Gasteiger partial charge on any atom is 0.393 e. The van der Waals surface area contributed by atoms with Gasteiger partial charge < -0.3 is 9.80 Å². The van der Waals surface area contributed by atoms with Crippen LogP contribution in [0.5, 0.6) is 0 Å². The molecule has 1 aliphatic heterocycles. The summed E-state index contributed by atoms with van der Waals surface area (Å²) in [5.74, 6) is -1.37. The smallest absolute Gasteiger partial charge is 0.325 e. The summed E-state index contributed by atoms with van der Waals surface area (Å²) in [7, 11) is 0. The van der Waals surface area contributed by atoms with Crippen molar-refractivity contribution in [2.75, 3.05) is 26.2 Å². The van der Waals surface area contributed by atoms with Crippen molar-refractivity contribution >= 4 is 6.03 Å². The summed E-state index contributed by atoms with van der Waals surface area (Å²) in [5, 5.41) is 0. The Morgan fingerprint density at radius 2 is 1.94 bits per heavy atom. The van der Waals surface area contributed by atoms with Crippen LogP contribution in [0.3, 0.4) is 0 Å². The van der Waals surface area contributed by atoms with E-state index < -0.39 is 12.1 Å². The standard InChI is InChI=1S/C11H19F3N2O/c1-3-15(4-2)10(17)16-7-5-6-9(8-16)11(12,13)14/h9H,3-8H2,1-2H3. The minimum absolute atomic E-state index is 0.130. The quantitative estimate of drug-likeness (QED) is 0.741. The Morgan fingerprint density at radius 3 is 2.41 bits per heavy atom. The lowest BCUT2D eigenvalue weighted by atomic mass is 9.98. The lowest BCUT2D eigenvalue weighted by Crippen LogP contribution is -2.49. The lowest BCUT2D eigenvalue weighted by Gasteiger charge is -2.36. The predicted molar refractivity (Wildman–Crippen MR) is 58.7 cm³/mol. The second-order valence-corrected chi connectivity index (χ2v) is 4.28. The van der Waals surface area contributed by atoms with Gasteiger partial charge in [-0.05, 0) is 26.7 Å². The maximum atomic E-state index is 12.6. The van der Waals surface area contributed by atoms with Crippen LogP contribution in [0.2, 0.25) is 0 Å². The zero-order chi connectivity index (χ0) is 13.1. The number of hydrogen-bond acceptors (Lipinski definition) is 1. The number of urea groups is 1. The van der Waals surface area contributed by atoms with Crippen LogP contribution in [0.1, 0.15) is 26.7 Å². The van der Waals surface area contributed by atoms with Crippen molar-refractivity contribution in [1.29, 1.82) is 0 Å². The molecule has 6 heteroatoms. The van der Waals surface area contributed by atoms with Gasteiger partial charge in [0.25, 0.3) is 0 Å². The Morgan fingerprint density at radius 1 is 1.35 bits per heavy atom. The van der Waals surface area contributed by atoms with E-state index in [0.717, 1.165) is 0 Å². The molecule has 1 atom stereocenters. The molecule has 0 aromatic carbocycles. The van der Waals surface area contributed by atoms with E-state index in [2.05, 4.69) is 0 Å². The Kier molecular flexibility index (Phi) is 4.65. The van der Waals surface area contributed by atoms with Crippen LogP contribution in [-0.4, -0.2) is 48.2 Å². The number of likely N-dealkylation sites (tertiary alicyclic amines) is 1. The van der Waals surface area contributed by atoms with Crippen molar-refractivity contribution in [1.82, 2.24) is 9.80 Å². The highest BCUT2D eigenvalue weighted by atomic mass is 19.4. The van der Waals surface area contributed by atoms with Crippen LogP contribution in [0.4, 0.5) is 18.0 Å². The van der Waals surface area contributed by atoms with E-state index in [1.54, 1.807) is 4.90 Å².